The highest BCUT2D eigenvalue weighted by molar-refractivity contribution is 7.90. The van der Waals surface area contributed by atoms with Gasteiger partial charge in [-0.3, -0.25) is 18.5 Å². The maximum absolute atomic E-state index is 11.9. The highest BCUT2D eigenvalue weighted by Gasteiger charge is 2.20. The van der Waals surface area contributed by atoms with Crippen LogP contribution < -0.4 is 4.74 Å². The number of aryl methyl sites for hydroxylation is 1. The van der Waals surface area contributed by atoms with Crippen LogP contribution in [0.1, 0.15) is 6.99 Å². The van der Waals surface area contributed by atoms with Crippen molar-refractivity contribution in [3.8, 4) is 5.75 Å². The zero-order valence-corrected chi connectivity index (χ0v) is 17.7. The minimum atomic E-state index is -5.17. The van der Waals surface area contributed by atoms with E-state index in [2.05, 4.69) is 15.2 Å². The number of nitro groups is 1. The van der Waals surface area contributed by atoms with E-state index in [9.17, 15) is 18.5 Å². The fourth-order valence-corrected chi connectivity index (χ4v) is 2.97. The number of nitro benzene ring substituents is 1. The van der Waals surface area contributed by atoms with Crippen molar-refractivity contribution in [3.05, 3.63) is 51.0 Å². The van der Waals surface area contributed by atoms with Gasteiger partial charge in [-0.15, -0.1) is 10.2 Å². The van der Waals surface area contributed by atoms with Gasteiger partial charge in [0, 0.05) is 28.8 Å². The molecule has 2 aromatic rings. The number of non-ortho nitro benzene ring substituents is 1. The van der Waals surface area contributed by atoms with Gasteiger partial charge in [0.25, 0.3) is 5.69 Å². The minimum Gasteiger partial charge on any atom is -0.759 e. The van der Waals surface area contributed by atoms with Crippen LogP contribution in [0.25, 0.3) is 4.98 Å². The van der Waals surface area contributed by atoms with Crippen molar-refractivity contribution in [1.29, 1.82) is 5.39 Å². The molecule has 14 nitrogen and oxygen atoms in total. The Morgan fingerprint density at radius 2 is 1.65 bits per heavy atom. The van der Waals surface area contributed by atoms with Gasteiger partial charge in [-0.25, -0.2) is 8.42 Å². The second-order valence-corrected chi connectivity index (χ2v) is 8.50. The van der Waals surface area contributed by atoms with E-state index in [0.717, 1.165) is 18.4 Å². The SMILES string of the molecule is COc1cc([N+]#N)c(N=Nc2ccc([N+](=O)[O-])cc2S(C)(=O)=O)cc1C.O=S(=O)([O-])[O-].[H+]. The van der Waals surface area contributed by atoms with Gasteiger partial charge < -0.3 is 13.8 Å². The van der Waals surface area contributed by atoms with Gasteiger partial charge in [0.15, 0.2) is 20.5 Å². The Labute approximate surface area is 178 Å². The minimum absolute atomic E-state index is 0. The molecule has 0 aromatic heterocycles. The zero-order valence-electron chi connectivity index (χ0n) is 17.1. The molecule has 0 atom stereocenters. The quantitative estimate of drug-likeness (QED) is 0.154. The molecule has 2 aromatic carbocycles. The summed E-state index contributed by atoms with van der Waals surface area (Å²) in [5.74, 6) is 0.476. The predicted octanol–water partition coefficient (Wildman–Crippen LogP) is 2.99. The molecule has 0 spiro atoms. The van der Waals surface area contributed by atoms with E-state index in [-0.39, 0.29) is 29.1 Å². The van der Waals surface area contributed by atoms with Crippen LogP contribution in [0.15, 0.2) is 45.5 Å². The number of diazo groups is 1. The lowest BCUT2D eigenvalue weighted by molar-refractivity contribution is -0.385. The fourth-order valence-electron chi connectivity index (χ4n) is 2.15. The van der Waals surface area contributed by atoms with E-state index >= 15 is 0 Å². The second-order valence-electron chi connectivity index (χ2n) is 5.70. The molecule has 166 valence electrons. The molecule has 31 heavy (non-hydrogen) atoms. The molecule has 16 heteroatoms. The number of rotatable bonds is 5. The van der Waals surface area contributed by atoms with Gasteiger partial charge >= 0.3 is 7.11 Å². The van der Waals surface area contributed by atoms with Gasteiger partial charge in [0.1, 0.15) is 16.3 Å². The number of ether oxygens (including phenoxy) is 1. The first-order chi connectivity index (χ1) is 14.2. The standard InChI is InChI=1S/C15H14N5O5S.H2O4S/c1-9-6-13(12(17-16)8-14(9)25-2)19-18-11-5-4-10(20(21)22)7-15(11)26(3,23)24;1-5(2,3)4/h4-8H,1-3H3;(H2,1,2,3,4)/q+1;/p-1. The average molecular weight is 473 g/mol. The van der Waals surface area contributed by atoms with Crippen molar-refractivity contribution in [1.82, 2.24) is 0 Å². The van der Waals surface area contributed by atoms with Gasteiger partial charge in [-0.2, -0.15) is 0 Å². The lowest BCUT2D eigenvalue weighted by atomic mass is 10.2. The Morgan fingerprint density at radius 3 is 2.10 bits per heavy atom. The number of azo groups is 1. The third kappa shape index (κ3) is 8.02. The van der Waals surface area contributed by atoms with Gasteiger partial charge in [0.2, 0.25) is 5.39 Å². The Bertz CT molecular complexity index is 1280. The lowest BCUT2D eigenvalue weighted by Gasteiger charge is -2.06. The van der Waals surface area contributed by atoms with Crippen molar-refractivity contribution in [2.24, 2.45) is 10.2 Å². The van der Waals surface area contributed by atoms with Crippen LogP contribution in [0.3, 0.4) is 0 Å². The molecule has 0 unspecified atom stereocenters. The van der Waals surface area contributed by atoms with Crippen molar-refractivity contribution in [2.75, 3.05) is 13.4 Å². The summed E-state index contributed by atoms with van der Waals surface area (Å²) in [6.07, 6.45) is 0.914. The zero-order chi connectivity index (χ0) is 24.0. The smallest absolute Gasteiger partial charge is 0.759 e. The number of hydrogen-bond acceptors (Lipinski definition) is 12. The average Bonchev–Trinajstić information content (AvgIpc) is 2.64. The number of nitrogens with zero attached hydrogens (tertiary/aromatic N) is 5. The van der Waals surface area contributed by atoms with E-state index in [1.165, 1.54) is 19.2 Å². The second kappa shape index (κ2) is 9.99. The molecule has 0 radical (unpaired) electrons. The summed E-state index contributed by atoms with van der Waals surface area (Å²) < 4.78 is 63.0. The highest BCUT2D eigenvalue weighted by Crippen LogP contribution is 2.37. The maximum atomic E-state index is 11.9. The van der Waals surface area contributed by atoms with Crippen LogP contribution >= 0.6 is 0 Å². The molecule has 0 bridgehead atoms. The Kier molecular flexibility index (Phi) is 8.22. The molecule has 0 aliphatic heterocycles. The molecule has 0 amide bonds. The topological polar surface area (TPSA) is 220 Å². The Morgan fingerprint density at radius 1 is 1.10 bits per heavy atom. The molecule has 2 rings (SSSR count). The summed E-state index contributed by atoms with van der Waals surface area (Å²) in [5.41, 5.74) is 0.481. The highest BCUT2D eigenvalue weighted by atomic mass is 32.3. The van der Waals surface area contributed by atoms with E-state index in [4.69, 9.17) is 27.7 Å². The predicted molar refractivity (Wildman–Crippen MR) is 104 cm³/mol. The summed E-state index contributed by atoms with van der Waals surface area (Å²) in [4.78, 5) is 12.9. The first-order valence-corrected chi connectivity index (χ1v) is 11.0. The van der Waals surface area contributed by atoms with Crippen LogP contribution in [0.4, 0.5) is 22.7 Å². The Hall–Kier alpha value is -3.52. The molecule has 0 saturated carbocycles. The number of methoxy groups -OCH3 is 1. The van der Waals surface area contributed by atoms with E-state index in [1.807, 2.05) is 0 Å². The third-order valence-electron chi connectivity index (χ3n) is 3.42. The maximum Gasteiger partial charge on any atom is 1.00 e. The molecule has 0 aliphatic rings. The molecule has 0 N–H and O–H groups in total. The van der Waals surface area contributed by atoms with Gasteiger partial charge in [-0.1, -0.05) is 0 Å². The van der Waals surface area contributed by atoms with Crippen LogP contribution in [0, 0.1) is 22.4 Å². The largest absolute Gasteiger partial charge is 1.00 e. The lowest BCUT2D eigenvalue weighted by Crippen LogP contribution is -1.99. The normalized spacial score (nSPS) is 11.4. The molecule has 0 fully saturated rings. The van der Waals surface area contributed by atoms with Crippen LogP contribution in [0.5, 0.6) is 5.75 Å². The molecular weight excluding hydrogens is 458 g/mol. The van der Waals surface area contributed by atoms with Crippen molar-refractivity contribution < 1.29 is 37.0 Å². The van der Waals surface area contributed by atoms with Crippen LogP contribution in [0.2, 0.25) is 0 Å². The fraction of sp³-hybridized carbons (Fsp3) is 0.200. The summed E-state index contributed by atoms with van der Waals surface area (Å²) >= 11 is 0. The van der Waals surface area contributed by atoms with Crippen molar-refractivity contribution >= 4 is 43.0 Å². The van der Waals surface area contributed by atoms with Crippen LogP contribution in [-0.4, -0.2) is 44.2 Å². The summed E-state index contributed by atoms with van der Waals surface area (Å²) in [6.45, 7) is 1.74. The first kappa shape index (κ1) is 25.5. The van der Waals surface area contributed by atoms with E-state index < -0.39 is 25.2 Å². The van der Waals surface area contributed by atoms with Crippen molar-refractivity contribution in [2.45, 2.75) is 11.8 Å². The first-order valence-electron chi connectivity index (χ1n) is 7.78. The van der Waals surface area contributed by atoms with Gasteiger partial charge in [-0.05, 0) is 24.6 Å². The van der Waals surface area contributed by atoms with Gasteiger partial charge in [0.05, 0.1) is 18.1 Å². The summed E-state index contributed by atoms with van der Waals surface area (Å²) in [5, 5.41) is 27.7. The number of benzene rings is 2. The molecule has 0 saturated heterocycles. The summed E-state index contributed by atoms with van der Waals surface area (Å²) in [7, 11) is -7.49. The van der Waals surface area contributed by atoms with E-state index in [0.29, 0.717) is 11.3 Å². The van der Waals surface area contributed by atoms with Crippen LogP contribution in [-0.2, 0) is 20.2 Å². The molecule has 0 heterocycles. The summed E-state index contributed by atoms with van der Waals surface area (Å²) in [6, 6.07) is 6.21. The van der Waals surface area contributed by atoms with Crippen molar-refractivity contribution in [3.63, 3.8) is 0 Å². The molecular formula is C15H15N5O9S2. The van der Waals surface area contributed by atoms with E-state index in [1.54, 1.807) is 13.0 Å². The monoisotopic (exact) mass is 473 g/mol. The number of hydrogen-bond donors (Lipinski definition) is 0. The third-order valence-corrected chi connectivity index (χ3v) is 4.54. The Balaban J connectivity index is 0.00000144. The number of sulfone groups is 1. The molecule has 0 aliphatic carbocycles.